The summed E-state index contributed by atoms with van der Waals surface area (Å²) >= 11 is 0. The smallest absolute Gasteiger partial charge is 0.137 e. The first-order valence-corrected chi connectivity index (χ1v) is 3.85. The van der Waals surface area contributed by atoms with Crippen LogP contribution in [0.3, 0.4) is 0 Å². The van der Waals surface area contributed by atoms with Crippen LogP contribution >= 0.6 is 0 Å². The summed E-state index contributed by atoms with van der Waals surface area (Å²) in [6.45, 7) is 0. The van der Waals surface area contributed by atoms with Gasteiger partial charge in [-0.2, -0.15) is 0 Å². The summed E-state index contributed by atoms with van der Waals surface area (Å²) in [6, 6.07) is 1.98. The average Bonchev–Trinajstić information content (AvgIpc) is 2.78. The van der Waals surface area contributed by atoms with E-state index in [9.17, 15) is 0 Å². The summed E-state index contributed by atoms with van der Waals surface area (Å²) in [5.41, 5.74) is 2.70. The Morgan fingerprint density at radius 2 is 2.31 bits per heavy atom. The van der Waals surface area contributed by atoms with Crippen molar-refractivity contribution >= 4 is 18.0 Å². The standard InChI is InChI=1S/C8H5N5/c1-2-9-8-5(1)3-6(11-8)7-4-10-13-12-7/h1-4H,(H,9,11)/b7-6+. The Balaban J connectivity index is 2.35. The van der Waals surface area contributed by atoms with Crippen LogP contribution in [0, 0.1) is 0 Å². The van der Waals surface area contributed by atoms with Crippen LogP contribution in [0.15, 0.2) is 32.7 Å². The van der Waals surface area contributed by atoms with E-state index in [0.29, 0.717) is 0 Å². The molecule has 2 aliphatic heterocycles. The summed E-state index contributed by atoms with van der Waals surface area (Å²) in [7, 11) is 0. The van der Waals surface area contributed by atoms with E-state index in [4.69, 9.17) is 0 Å². The molecule has 13 heavy (non-hydrogen) atoms. The van der Waals surface area contributed by atoms with Crippen LogP contribution in [0.25, 0.3) is 11.8 Å². The Morgan fingerprint density at radius 3 is 3.08 bits per heavy atom. The number of nitrogens with zero attached hydrogens (tertiary/aromatic N) is 4. The largest absolute Gasteiger partial charge is 0.338 e. The van der Waals surface area contributed by atoms with Gasteiger partial charge in [-0.05, 0) is 17.4 Å². The van der Waals surface area contributed by atoms with Crippen molar-refractivity contribution in [1.29, 1.82) is 0 Å². The molecule has 0 saturated carbocycles. The first-order valence-electron chi connectivity index (χ1n) is 3.85. The highest BCUT2D eigenvalue weighted by Gasteiger charge is 2.04. The first kappa shape index (κ1) is 6.47. The number of hydrogen-bond donors (Lipinski definition) is 1. The van der Waals surface area contributed by atoms with Crippen LogP contribution in [-0.2, 0) is 0 Å². The number of nitrogens with one attached hydrogen (secondary N) is 1. The molecule has 5 nitrogen and oxygen atoms in total. The molecule has 0 aliphatic carbocycles. The number of rotatable bonds is 0. The predicted octanol–water partition coefficient (Wildman–Crippen LogP) is 0.178. The van der Waals surface area contributed by atoms with E-state index >= 15 is 0 Å². The van der Waals surface area contributed by atoms with Gasteiger partial charge in [-0.15, -0.1) is 10.2 Å². The molecule has 0 radical (unpaired) electrons. The number of H-pyrrole nitrogens is 1. The van der Waals surface area contributed by atoms with E-state index in [1.807, 2.05) is 12.1 Å². The fourth-order valence-corrected chi connectivity index (χ4v) is 1.33. The lowest BCUT2D eigenvalue weighted by molar-refractivity contribution is 1.11. The first-order chi connectivity index (χ1) is 6.43. The van der Waals surface area contributed by atoms with Crippen LogP contribution in [0.4, 0.5) is 0 Å². The van der Waals surface area contributed by atoms with Gasteiger partial charge in [-0.25, -0.2) is 4.99 Å². The van der Waals surface area contributed by atoms with E-state index in [-0.39, 0.29) is 0 Å². The van der Waals surface area contributed by atoms with Crippen molar-refractivity contribution < 1.29 is 0 Å². The maximum Gasteiger partial charge on any atom is 0.137 e. The van der Waals surface area contributed by atoms with Gasteiger partial charge in [0.15, 0.2) is 0 Å². The zero-order valence-electron chi connectivity index (χ0n) is 6.60. The molecule has 3 rings (SSSR count). The molecule has 62 valence electrons. The van der Waals surface area contributed by atoms with Gasteiger partial charge in [0.05, 0.1) is 11.6 Å². The molecule has 0 unspecified atom stereocenters. The maximum atomic E-state index is 4.13. The lowest BCUT2D eigenvalue weighted by atomic mass is 10.3. The van der Waals surface area contributed by atoms with Gasteiger partial charge in [0.1, 0.15) is 11.2 Å². The van der Waals surface area contributed by atoms with Gasteiger partial charge in [0.2, 0.25) is 0 Å². The third kappa shape index (κ3) is 0.868. The molecule has 0 aromatic carbocycles. The zero-order chi connectivity index (χ0) is 8.67. The van der Waals surface area contributed by atoms with E-state index in [2.05, 4.69) is 25.4 Å². The third-order valence-corrected chi connectivity index (χ3v) is 1.94. The molecule has 0 amide bonds. The second-order valence-electron chi connectivity index (χ2n) is 2.75. The van der Waals surface area contributed by atoms with Crippen LogP contribution in [0.5, 0.6) is 0 Å². The van der Waals surface area contributed by atoms with E-state index in [1.54, 1.807) is 12.4 Å². The fraction of sp³-hybridized carbons (Fsp3) is 0. The minimum absolute atomic E-state index is 0.748. The van der Waals surface area contributed by atoms with E-state index in [0.717, 1.165) is 22.1 Å². The minimum atomic E-state index is 0.748. The summed E-state index contributed by atoms with van der Waals surface area (Å²) in [5.74, 6) is 0. The van der Waals surface area contributed by atoms with Gasteiger partial charge in [-0.1, -0.05) is 0 Å². The van der Waals surface area contributed by atoms with Crippen LogP contribution < -0.4 is 10.8 Å². The molecule has 0 fully saturated rings. The van der Waals surface area contributed by atoms with E-state index < -0.39 is 0 Å². The molecule has 0 saturated heterocycles. The molecule has 5 heteroatoms. The SMILES string of the molecule is C1=Cc2c/c(=C3/C=NN=N3)[nH]c2=N1. The van der Waals surface area contributed by atoms with E-state index in [1.165, 1.54) is 0 Å². The second kappa shape index (κ2) is 2.22. The molecule has 0 spiro atoms. The molecular formula is C8H5N5. The summed E-state index contributed by atoms with van der Waals surface area (Å²) < 4.78 is 0. The highest BCUT2D eigenvalue weighted by atomic mass is 15.4. The van der Waals surface area contributed by atoms with Gasteiger partial charge >= 0.3 is 0 Å². The predicted molar refractivity (Wildman–Crippen MR) is 47.4 cm³/mol. The second-order valence-corrected chi connectivity index (χ2v) is 2.75. The number of aromatic amines is 1. The van der Waals surface area contributed by atoms with Crippen molar-refractivity contribution in [3.05, 3.63) is 28.7 Å². The lowest BCUT2D eigenvalue weighted by Gasteiger charge is -1.79. The Hall–Kier alpha value is -2.04. The summed E-state index contributed by atoms with van der Waals surface area (Å²) in [6.07, 6.45) is 5.32. The highest BCUT2D eigenvalue weighted by molar-refractivity contribution is 6.01. The maximum absolute atomic E-state index is 4.13. The Morgan fingerprint density at radius 1 is 1.31 bits per heavy atom. The average molecular weight is 171 g/mol. The molecule has 1 N–H and O–H groups in total. The summed E-state index contributed by atoms with van der Waals surface area (Å²) in [5, 5.41) is 11.9. The Kier molecular flexibility index (Phi) is 1.11. The zero-order valence-corrected chi connectivity index (χ0v) is 6.60. The van der Waals surface area contributed by atoms with Crippen molar-refractivity contribution in [2.45, 2.75) is 0 Å². The number of aromatic nitrogens is 1. The lowest BCUT2D eigenvalue weighted by Crippen LogP contribution is -2.11. The topological polar surface area (TPSA) is 65.2 Å². The van der Waals surface area contributed by atoms with Gasteiger partial charge < -0.3 is 4.98 Å². The fourth-order valence-electron chi connectivity index (χ4n) is 1.33. The quantitative estimate of drug-likeness (QED) is 0.578. The highest BCUT2D eigenvalue weighted by Crippen LogP contribution is 2.02. The van der Waals surface area contributed by atoms with Crippen LogP contribution in [0.1, 0.15) is 5.56 Å². The minimum Gasteiger partial charge on any atom is -0.338 e. The van der Waals surface area contributed by atoms with Crippen LogP contribution in [0.2, 0.25) is 0 Å². The van der Waals surface area contributed by atoms with Crippen molar-refractivity contribution in [2.24, 2.45) is 20.4 Å². The third-order valence-electron chi connectivity index (χ3n) is 1.94. The van der Waals surface area contributed by atoms with Crippen molar-refractivity contribution in [2.75, 3.05) is 0 Å². The normalized spacial score (nSPS) is 20.9. The van der Waals surface area contributed by atoms with Gasteiger partial charge in [0, 0.05) is 11.8 Å². The number of fused-ring (bicyclic) bond motifs is 1. The van der Waals surface area contributed by atoms with Gasteiger partial charge in [0.25, 0.3) is 0 Å². The molecule has 1 aromatic heterocycles. The molecular weight excluding hydrogens is 166 g/mol. The summed E-state index contributed by atoms with van der Waals surface area (Å²) in [4.78, 5) is 7.25. The Bertz CT molecular complexity index is 544. The molecule has 3 heterocycles. The van der Waals surface area contributed by atoms with Crippen molar-refractivity contribution in [3.63, 3.8) is 0 Å². The molecule has 2 aliphatic rings. The molecule has 1 aromatic rings. The van der Waals surface area contributed by atoms with Crippen LogP contribution in [-0.4, -0.2) is 11.2 Å². The van der Waals surface area contributed by atoms with Crippen molar-refractivity contribution in [3.8, 4) is 0 Å². The number of hydrogen-bond acceptors (Lipinski definition) is 4. The monoisotopic (exact) mass is 171 g/mol. The molecule has 0 atom stereocenters. The Labute approximate surface area is 72.9 Å². The molecule has 0 bridgehead atoms. The van der Waals surface area contributed by atoms with Crippen molar-refractivity contribution in [1.82, 2.24) is 4.98 Å². The van der Waals surface area contributed by atoms with Gasteiger partial charge in [-0.3, -0.25) is 0 Å².